The van der Waals surface area contributed by atoms with Crippen LogP contribution in [0.4, 0.5) is 5.69 Å². The van der Waals surface area contributed by atoms with Gasteiger partial charge in [-0.25, -0.2) is 0 Å². The minimum atomic E-state index is 0.789. The van der Waals surface area contributed by atoms with Crippen molar-refractivity contribution in [2.75, 3.05) is 11.5 Å². The van der Waals surface area contributed by atoms with Crippen LogP contribution in [0, 0.1) is 12.8 Å². The lowest BCUT2D eigenvalue weighted by molar-refractivity contribution is 0.632. The number of hydrogen-bond acceptors (Lipinski definition) is 2. The molecule has 0 heterocycles. The predicted octanol–water partition coefficient (Wildman–Crippen LogP) is 3.72. The minimum absolute atomic E-state index is 0.789. The molecule has 0 saturated heterocycles. The number of benzene rings is 1. The highest BCUT2D eigenvalue weighted by molar-refractivity contribution is 7.99. The summed E-state index contributed by atoms with van der Waals surface area (Å²) in [6, 6.07) is 6.14. The van der Waals surface area contributed by atoms with Crippen molar-refractivity contribution in [2.45, 2.75) is 32.1 Å². The Morgan fingerprint density at radius 3 is 2.64 bits per heavy atom. The van der Waals surface area contributed by atoms with Crippen molar-refractivity contribution in [2.24, 2.45) is 5.92 Å². The third kappa shape index (κ3) is 3.62. The van der Waals surface area contributed by atoms with Gasteiger partial charge in [-0.3, -0.25) is 0 Å². The fraction of sp³-hybridized carbons (Fsp3) is 0.500. The van der Waals surface area contributed by atoms with Gasteiger partial charge in [0.25, 0.3) is 0 Å². The van der Waals surface area contributed by atoms with Crippen LogP contribution in [0.25, 0.3) is 0 Å². The molecule has 0 unspecified atom stereocenters. The van der Waals surface area contributed by atoms with Gasteiger partial charge >= 0.3 is 0 Å². The van der Waals surface area contributed by atoms with Crippen molar-refractivity contribution in [3.63, 3.8) is 0 Å². The van der Waals surface area contributed by atoms with Gasteiger partial charge in [0.05, 0.1) is 0 Å². The van der Waals surface area contributed by atoms with Crippen LogP contribution in [0.1, 0.15) is 25.8 Å². The highest BCUT2D eigenvalue weighted by Crippen LogP contribution is 2.25. The largest absolute Gasteiger partial charge is 0.399 e. The lowest BCUT2D eigenvalue weighted by atomic mass is 10.2. The molecule has 0 aliphatic rings. The van der Waals surface area contributed by atoms with Gasteiger partial charge in [-0.15, -0.1) is 11.8 Å². The van der Waals surface area contributed by atoms with Crippen LogP contribution in [0.2, 0.25) is 0 Å². The van der Waals surface area contributed by atoms with Crippen LogP contribution in [0.5, 0.6) is 0 Å². The summed E-state index contributed by atoms with van der Waals surface area (Å²) in [5, 5.41) is 0. The van der Waals surface area contributed by atoms with E-state index in [1.54, 1.807) is 0 Å². The van der Waals surface area contributed by atoms with Crippen molar-refractivity contribution >= 4 is 17.4 Å². The van der Waals surface area contributed by atoms with E-state index in [9.17, 15) is 0 Å². The summed E-state index contributed by atoms with van der Waals surface area (Å²) in [5.74, 6) is 1.99. The third-order valence-electron chi connectivity index (χ3n) is 2.15. The Morgan fingerprint density at radius 1 is 1.36 bits per heavy atom. The topological polar surface area (TPSA) is 26.0 Å². The summed E-state index contributed by atoms with van der Waals surface area (Å²) in [5.41, 5.74) is 7.84. The average molecular weight is 209 g/mol. The number of nitrogen functional groups attached to an aromatic ring is 1. The molecule has 0 aliphatic heterocycles. The van der Waals surface area contributed by atoms with Crippen LogP contribution in [0.3, 0.4) is 0 Å². The number of hydrogen-bond donors (Lipinski definition) is 1. The second-order valence-corrected chi connectivity index (χ2v) is 5.19. The molecule has 0 radical (unpaired) electrons. The molecule has 0 bridgehead atoms. The average Bonchev–Trinajstić information content (AvgIpc) is 2.08. The molecule has 0 fully saturated rings. The molecule has 1 aromatic rings. The molecule has 2 N–H and O–H groups in total. The predicted molar refractivity (Wildman–Crippen MR) is 65.8 cm³/mol. The number of rotatable bonds is 4. The van der Waals surface area contributed by atoms with Crippen LogP contribution in [-0.4, -0.2) is 5.75 Å². The Hall–Kier alpha value is -0.630. The van der Waals surface area contributed by atoms with Crippen LogP contribution in [0.15, 0.2) is 23.1 Å². The van der Waals surface area contributed by atoms with E-state index in [0.29, 0.717) is 0 Å². The SMILES string of the molecule is Cc1cc(N)ccc1SCCC(C)C. The fourth-order valence-electron chi connectivity index (χ4n) is 1.24. The van der Waals surface area contributed by atoms with E-state index in [0.717, 1.165) is 11.6 Å². The molecule has 78 valence electrons. The number of aryl methyl sites for hydroxylation is 1. The molecule has 0 aromatic heterocycles. The molecule has 1 rings (SSSR count). The molecule has 0 spiro atoms. The second-order valence-electron chi connectivity index (χ2n) is 4.06. The van der Waals surface area contributed by atoms with Crippen molar-refractivity contribution in [1.29, 1.82) is 0 Å². The zero-order valence-corrected chi connectivity index (χ0v) is 10.0. The van der Waals surface area contributed by atoms with Crippen LogP contribution in [-0.2, 0) is 0 Å². The lowest BCUT2D eigenvalue weighted by Crippen LogP contribution is -1.91. The smallest absolute Gasteiger partial charge is 0.0317 e. The van der Waals surface area contributed by atoms with Crippen molar-refractivity contribution < 1.29 is 0 Å². The Bertz CT molecular complexity index is 294. The molecular formula is C12H19NS. The molecule has 0 amide bonds. The quantitative estimate of drug-likeness (QED) is 0.604. The third-order valence-corrected chi connectivity index (χ3v) is 3.36. The van der Waals surface area contributed by atoms with Crippen molar-refractivity contribution in [1.82, 2.24) is 0 Å². The number of nitrogens with two attached hydrogens (primary N) is 1. The summed E-state index contributed by atoms with van der Waals surface area (Å²) >= 11 is 1.93. The Balaban J connectivity index is 2.51. The molecule has 0 saturated carbocycles. The Kier molecular flexibility index (Phi) is 4.33. The van der Waals surface area contributed by atoms with E-state index in [1.807, 2.05) is 23.9 Å². The molecular weight excluding hydrogens is 190 g/mol. The van der Waals surface area contributed by atoms with Gasteiger partial charge < -0.3 is 5.73 Å². The number of thioether (sulfide) groups is 1. The molecule has 0 atom stereocenters. The molecule has 1 aromatic carbocycles. The van der Waals surface area contributed by atoms with E-state index >= 15 is 0 Å². The zero-order chi connectivity index (χ0) is 10.6. The summed E-state index contributed by atoms with van der Waals surface area (Å²) in [6.07, 6.45) is 1.27. The first-order chi connectivity index (χ1) is 6.59. The van der Waals surface area contributed by atoms with E-state index in [4.69, 9.17) is 5.73 Å². The van der Waals surface area contributed by atoms with Gasteiger partial charge in [0.1, 0.15) is 0 Å². The maximum absolute atomic E-state index is 5.70. The first-order valence-corrected chi connectivity index (χ1v) is 6.07. The minimum Gasteiger partial charge on any atom is -0.399 e. The lowest BCUT2D eigenvalue weighted by Gasteiger charge is -2.07. The Labute approximate surface area is 91.1 Å². The van der Waals surface area contributed by atoms with Crippen LogP contribution < -0.4 is 5.73 Å². The molecule has 2 heteroatoms. The Morgan fingerprint density at radius 2 is 2.07 bits per heavy atom. The first-order valence-electron chi connectivity index (χ1n) is 5.08. The molecule has 0 aliphatic carbocycles. The van der Waals surface area contributed by atoms with Gasteiger partial charge in [-0.05, 0) is 48.8 Å². The first kappa shape index (κ1) is 11.4. The van der Waals surface area contributed by atoms with E-state index in [2.05, 4.69) is 26.8 Å². The maximum Gasteiger partial charge on any atom is 0.0317 e. The summed E-state index contributed by atoms with van der Waals surface area (Å²) in [6.45, 7) is 6.64. The highest BCUT2D eigenvalue weighted by Gasteiger charge is 2.00. The second kappa shape index (κ2) is 5.30. The maximum atomic E-state index is 5.70. The van der Waals surface area contributed by atoms with Crippen molar-refractivity contribution in [3.8, 4) is 0 Å². The van der Waals surface area contributed by atoms with Gasteiger partial charge in [0, 0.05) is 10.6 Å². The van der Waals surface area contributed by atoms with E-state index < -0.39 is 0 Å². The van der Waals surface area contributed by atoms with Gasteiger partial charge in [-0.1, -0.05) is 13.8 Å². The summed E-state index contributed by atoms with van der Waals surface area (Å²) in [7, 11) is 0. The fourth-order valence-corrected chi connectivity index (χ4v) is 2.50. The van der Waals surface area contributed by atoms with Gasteiger partial charge in [-0.2, -0.15) is 0 Å². The monoisotopic (exact) mass is 209 g/mol. The zero-order valence-electron chi connectivity index (χ0n) is 9.21. The highest BCUT2D eigenvalue weighted by atomic mass is 32.2. The summed E-state index contributed by atoms with van der Waals surface area (Å²) < 4.78 is 0. The van der Waals surface area contributed by atoms with E-state index in [-0.39, 0.29) is 0 Å². The number of anilines is 1. The molecule has 1 nitrogen and oxygen atoms in total. The normalized spacial score (nSPS) is 10.9. The van der Waals surface area contributed by atoms with Crippen molar-refractivity contribution in [3.05, 3.63) is 23.8 Å². The summed E-state index contributed by atoms with van der Waals surface area (Å²) in [4.78, 5) is 1.36. The van der Waals surface area contributed by atoms with Crippen LogP contribution >= 0.6 is 11.8 Å². The standard InChI is InChI=1S/C12H19NS/c1-9(2)6-7-14-12-5-4-11(13)8-10(12)3/h4-5,8-9H,6-7,13H2,1-3H3. The van der Waals surface area contributed by atoms with Gasteiger partial charge in [0.15, 0.2) is 0 Å². The van der Waals surface area contributed by atoms with Gasteiger partial charge in [0.2, 0.25) is 0 Å². The van der Waals surface area contributed by atoms with E-state index in [1.165, 1.54) is 22.6 Å². The molecule has 14 heavy (non-hydrogen) atoms.